The number of benzene rings is 1. The number of aromatic amines is 2. The molecule has 0 saturated heterocycles. The second-order valence-electron chi connectivity index (χ2n) is 4.24. The summed E-state index contributed by atoms with van der Waals surface area (Å²) in [5.41, 5.74) is 2.89. The summed E-state index contributed by atoms with van der Waals surface area (Å²) >= 11 is 7.49. The number of rotatable bonds is 4. The lowest BCUT2D eigenvalue weighted by Crippen LogP contribution is -2.14. The molecule has 0 saturated carbocycles. The molecule has 0 atom stereocenters. The van der Waals surface area contributed by atoms with E-state index >= 15 is 0 Å². The van der Waals surface area contributed by atoms with Gasteiger partial charge in [0.05, 0.1) is 5.02 Å². The Hall–Kier alpha value is -1.56. The minimum Gasteiger partial charge on any atom is -0.356 e. The van der Waals surface area contributed by atoms with Crippen molar-refractivity contribution in [2.45, 2.75) is 13.1 Å². The Morgan fingerprint density at radius 3 is 2.79 bits per heavy atom. The van der Waals surface area contributed by atoms with Crippen LogP contribution in [-0.4, -0.2) is 9.97 Å². The fourth-order valence-electron chi connectivity index (χ4n) is 2.01. The number of halogens is 1. The van der Waals surface area contributed by atoms with Crippen molar-refractivity contribution >= 4 is 33.8 Å². The van der Waals surface area contributed by atoms with Crippen LogP contribution < -0.4 is 10.2 Å². The molecule has 3 rings (SSSR count). The standard InChI is InChI=1S/C13H12ClN3OS/c14-12-9-3-1-2-4-10(9)17-11(12)6-15-5-8-7-19-13(18)16-8/h1-4,7,15,17H,5-6H2,(H,16,18). The Kier molecular flexibility index (Phi) is 3.42. The van der Waals surface area contributed by atoms with Crippen LogP contribution in [0.4, 0.5) is 0 Å². The Bertz CT molecular complexity index is 758. The third kappa shape index (κ3) is 2.58. The van der Waals surface area contributed by atoms with Gasteiger partial charge in [0.1, 0.15) is 0 Å². The third-order valence-corrected chi connectivity index (χ3v) is 4.05. The largest absolute Gasteiger partial charge is 0.356 e. The zero-order chi connectivity index (χ0) is 13.2. The van der Waals surface area contributed by atoms with E-state index in [1.54, 1.807) is 0 Å². The van der Waals surface area contributed by atoms with E-state index in [0.717, 1.165) is 27.3 Å². The van der Waals surface area contributed by atoms with Crippen molar-refractivity contribution < 1.29 is 0 Å². The van der Waals surface area contributed by atoms with Crippen molar-refractivity contribution in [1.82, 2.24) is 15.3 Å². The van der Waals surface area contributed by atoms with Gasteiger partial charge in [-0.25, -0.2) is 0 Å². The molecule has 0 unspecified atom stereocenters. The van der Waals surface area contributed by atoms with Gasteiger partial charge in [0.2, 0.25) is 0 Å². The average Bonchev–Trinajstić information content (AvgIpc) is 2.96. The summed E-state index contributed by atoms with van der Waals surface area (Å²) < 4.78 is 0. The summed E-state index contributed by atoms with van der Waals surface area (Å²) in [6.07, 6.45) is 0. The Morgan fingerprint density at radius 1 is 1.21 bits per heavy atom. The summed E-state index contributed by atoms with van der Waals surface area (Å²) in [6, 6.07) is 7.94. The van der Waals surface area contributed by atoms with Gasteiger partial charge in [0, 0.05) is 40.8 Å². The van der Waals surface area contributed by atoms with Crippen LogP contribution in [0.1, 0.15) is 11.4 Å². The van der Waals surface area contributed by atoms with E-state index < -0.39 is 0 Å². The molecular formula is C13H12ClN3OS. The van der Waals surface area contributed by atoms with Gasteiger partial charge in [-0.2, -0.15) is 0 Å². The van der Waals surface area contributed by atoms with Crippen molar-refractivity contribution in [3.8, 4) is 0 Å². The summed E-state index contributed by atoms with van der Waals surface area (Å²) in [5, 5.41) is 6.86. The SMILES string of the molecule is O=c1[nH]c(CNCc2[nH]c3ccccc3c2Cl)cs1. The van der Waals surface area contributed by atoms with Gasteiger partial charge in [0.15, 0.2) is 0 Å². The third-order valence-electron chi connectivity index (χ3n) is 2.90. The van der Waals surface area contributed by atoms with Crippen LogP contribution in [0.5, 0.6) is 0 Å². The van der Waals surface area contributed by atoms with Gasteiger partial charge >= 0.3 is 4.87 Å². The van der Waals surface area contributed by atoms with Crippen LogP contribution in [0.3, 0.4) is 0 Å². The maximum Gasteiger partial charge on any atom is 0.304 e. The van der Waals surface area contributed by atoms with Crippen LogP contribution in [0.15, 0.2) is 34.4 Å². The van der Waals surface area contributed by atoms with Gasteiger partial charge in [-0.05, 0) is 6.07 Å². The lowest BCUT2D eigenvalue weighted by atomic mass is 10.2. The number of hydrogen-bond donors (Lipinski definition) is 3. The van der Waals surface area contributed by atoms with Crippen molar-refractivity contribution in [1.29, 1.82) is 0 Å². The fourth-order valence-corrected chi connectivity index (χ4v) is 2.87. The Labute approximate surface area is 118 Å². The highest BCUT2D eigenvalue weighted by Gasteiger charge is 2.08. The topological polar surface area (TPSA) is 60.7 Å². The van der Waals surface area contributed by atoms with Crippen LogP contribution in [-0.2, 0) is 13.1 Å². The number of H-pyrrole nitrogens is 2. The van der Waals surface area contributed by atoms with Gasteiger partial charge in [0.25, 0.3) is 0 Å². The number of thiazole rings is 1. The molecule has 1 aromatic carbocycles. The molecule has 2 aromatic heterocycles. The van der Waals surface area contributed by atoms with Crippen molar-refractivity contribution in [2.24, 2.45) is 0 Å². The predicted molar refractivity (Wildman–Crippen MR) is 78.8 cm³/mol. The molecule has 6 heteroatoms. The molecule has 3 aromatic rings. The fraction of sp³-hybridized carbons (Fsp3) is 0.154. The molecule has 0 fully saturated rings. The Balaban J connectivity index is 1.71. The monoisotopic (exact) mass is 293 g/mol. The van der Waals surface area contributed by atoms with Crippen LogP contribution in [0.25, 0.3) is 10.9 Å². The number of nitrogens with one attached hydrogen (secondary N) is 3. The highest BCUT2D eigenvalue weighted by molar-refractivity contribution is 7.07. The normalized spacial score (nSPS) is 11.2. The number of aromatic nitrogens is 2. The summed E-state index contributed by atoms with van der Waals surface area (Å²) in [7, 11) is 0. The zero-order valence-corrected chi connectivity index (χ0v) is 11.6. The number of fused-ring (bicyclic) bond motifs is 1. The van der Waals surface area contributed by atoms with Crippen LogP contribution in [0.2, 0.25) is 5.02 Å². The van der Waals surface area contributed by atoms with E-state index in [0.29, 0.717) is 13.1 Å². The van der Waals surface area contributed by atoms with Gasteiger partial charge in [-0.1, -0.05) is 41.1 Å². The first-order valence-electron chi connectivity index (χ1n) is 5.86. The maximum absolute atomic E-state index is 11.0. The van der Waals surface area contributed by atoms with E-state index in [1.807, 2.05) is 29.6 Å². The number of para-hydroxylation sites is 1. The molecule has 0 aliphatic carbocycles. The van der Waals surface area contributed by atoms with Gasteiger partial charge in [-0.3, -0.25) is 4.79 Å². The first-order chi connectivity index (χ1) is 9.24. The predicted octanol–water partition coefficient (Wildman–Crippen LogP) is 2.86. The molecule has 0 radical (unpaired) electrons. The number of hydrogen-bond acceptors (Lipinski definition) is 3. The van der Waals surface area contributed by atoms with Gasteiger partial charge < -0.3 is 15.3 Å². The lowest BCUT2D eigenvalue weighted by Gasteiger charge is -2.01. The first kappa shape index (κ1) is 12.5. The smallest absolute Gasteiger partial charge is 0.304 e. The lowest BCUT2D eigenvalue weighted by molar-refractivity contribution is 0.673. The molecule has 0 aliphatic heterocycles. The summed E-state index contributed by atoms with van der Waals surface area (Å²) in [6.45, 7) is 1.25. The second-order valence-corrected chi connectivity index (χ2v) is 5.46. The molecule has 19 heavy (non-hydrogen) atoms. The molecule has 3 N–H and O–H groups in total. The first-order valence-corrected chi connectivity index (χ1v) is 7.12. The maximum atomic E-state index is 11.0. The van der Waals surface area contributed by atoms with E-state index in [9.17, 15) is 4.79 Å². The van der Waals surface area contributed by atoms with E-state index in [-0.39, 0.29) is 4.87 Å². The van der Waals surface area contributed by atoms with E-state index in [1.165, 1.54) is 11.3 Å². The average molecular weight is 294 g/mol. The molecule has 0 bridgehead atoms. The zero-order valence-electron chi connectivity index (χ0n) is 10.00. The van der Waals surface area contributed by atoms with Crippen LogP contribution in [0, 0.1) is 0 Å². The molecule has 0 spiro atoms. The molecule has 4 nitrogen and oxygen atoms in total. The molecular weight excluding hydrogens is 282 g/mol. The highest BCUT2D eigenvalue weighted by Crippen LogP contribution is 2.26. The minimum atomic E-state index is -0.0274. The Morgan fingerprint density at radius 2 is 2.05 bits per heavy atom. The van der Waals surface area contributed by atoms with E-state index in [2.05, 4.69) is 15.3 Å². The van der Waals surface area contributed by atoms with Crippen LogP contribution >= 0.6 is 22.9 Å². The summed E-state index contributed by atoms with van der Waals surface area (Å²) in [5.74, 6) is 0. The molecule has 98 valence electrons. The van der Waals surface area contributed by atoms with Gasteiger partial charge in [-0.15, -0.1) is 0 Å². The minimum absolute atomic E-state index is 0.0274. The van der Waals surface area contributed by atoms with Crippen molar-refractivity contribution in [3.63, 3.8) is 0 Å². The summed E-state index contributed by atoms with van der Waals surface area (Å²) in [4.78, 5) is 17.0. The quantitative estimate of drug-likeness (QED) is 0.693. The van der Waals surface area contributed by atoms with E-state index in [4.69, 9.17) is 11.6 Å². The molecule has 2 heterocycles. The van der Waals surface area contributed by atoms with Crippen molar-refractivity contribution in [3.05, 3.63) is 55.7 Å². The van der Waals surface area contributed by atoms with Crippen molar-refractivity contribution in [2.75, 3.05) is 0 Å². The molecule has 0 amide bonds. The molecule has 0 aliphatic rings. The highest BCUT2D eigenvalue weighted by atomic mass is 35.5. The second kappa shape index (κ2) is 5.21.